The molecular formula is C42H64O32. The van der Waals surface area contributed by atoms with Crippen LogP contribution in [0.5, 0.6) is 0 Å². The van der Waals surface area contributed by atoms with Gasteiger partial charge in [-0.15, -0.1) is 0 Å². The third-order valence-corrected chi connectivity index (χ3v) is 12.6. The summed E-state index contributed by atoms with van der Waals surface area (Å²) in [6.07, 6.45) is -44.3. The average molecular weight is 1080 g/mol. The highest BCUT2D eigenvalue weighted by Crippen LogP contribution is 2.71. The number of rotatable bonds is 40. The highest BCUT2D eigenvalue weighted by atomic mass is 16.4. The molecule has 0 aromatic rings. The van der Waals surface area contributed by atoms with Crippen LogP contribution < -0.4 is 0 Å². The normalized spacial score (nSPS) is 20.1. The van der Waals surface area contributed by atoms with Gasteiger partial charge in [-0.05, 0) is 6.42 Å². The van der Waals surface area contributed by atoms with Crippen molar-refractivity contribution in [3.8, 4) is 0 Å². The molecule has 0 aliphatic carbocycles. The molecule has 32 nitrogen and oxygen atoms in total. The third-order valence-electron chi connectivity index (χ3n) is 12.6. The highest BCUT2D eigenvalue weighted by Gasteiger charge is 2.94. The molecule has 0 heterocycles. The van der Waals surface area contributed by atoms with Crippen LogP contribution in [0, 0.1) is 27.1 Å². The average Bonchev–Trinajstić information content (AvgIpc) is 3.41. The number of carboxylic acid groups (broad SMARTS) is 1. The number of carboxylic acids is 1. The molecule has 0 aliphatic rings. The van der Waals surface area contributed by atoms with Crippen LogP contribution >= 0.6 is 0 Å². The Morgan fingerprint density at radius 2 is 0.514 bits per heavy atom. The predicted octanol–water partition coefficient (Wildman–Crippen LogP) is -13.8. The second kappa shape index (κ2) is 29.0. The van der Waals surface area contributed by atoms with Crippen LogP contribution in [0.4, 0.5) is 0 Å². The topological polar surface area (TPSA) is 613 Å². The van der Waals surface area contributed by atoms with Crippen molar-refractivity contribution >= 4 is 63.8 Å². The first-order valence-corrected chi connectivity index (χ1v) is 22.0. The largest absolute Gasteiger partial charge is 0.480 e. The minimum Gasteiger partial charge on any atom is -0.480 e. The Morgan fingerprint density at radius 3 is 0.743 bits per heavy atom. The maximum absolute atomic E-state index is 16.3. The van der Waals surface area contributed by atoms with E-state index in [0.717, 1.165) is 0 Å². The summed E-state index contributed by atoms with van der Waals surface area (Å²) in [6.45, 7) is -23.1. The first-order valence-electron chi connectivity index (χ1n) is 22.0. The van der Waals surface area contributed by atoms with Gasteiger partial charge in [-0.1, -0.05) is 32.6 Å². The van der Waals surface area contributed by atoms with Crippen molar-refractivity contribution in [2.45, 2.75) is 100 Å². The molecule has 10 atom stereocenters. The number of unbranched alkanes of at least 4 members (excludes halogenated alkanes) is 3. The van der Waals surface area contributed by atoms with Crippen molar-refractivity contribution < 1.29 is 160 Å². The number of Topliss-reactive ketones (excluding diaryl/α,β-unsaturated/α-hetero) is 10. The van der Waals surface area contributed by atoms with Gasteiger partial charge in [0.25, 0.3) is 0 Å². The van der Waals surface area contributed by atoms with Gasteiger partial charge < -0.3 is 107 Å². The Kier molecular flexibility index (Phi) is 27.2. The quantitative estimate of drug-likeness (QED) is 0.0200. The van der Waals surface area contributed by atoms with Crippen LogP contribution in [-0.4, -0.2) is 298 Å². The van der Waals surface area contributed by atoms with Crippen LogP contribution in [0.1, 0.15) is 39.0 Å². The molecule has 0 amide bonds. The monoisotopic (exact) mass is 1080 g/mol. The second-order valence-corrected chi connectivity index (χ2v) is 16.6. The molecule has 10 unspecified atom stereocenters. The van der Waals surface area contributed by atoms with E-state index >= 15 is 47.9 Å². The summed E-state index contributed by atoms with van der Waals surface area (Å²) in [7, 11) is 0. The molecule has 0 spiro atoms. The van der Waals surface area contributed by atoms with Gasteiger partial charge in [-0.25, -0.2) is 0 Å². The van der Waals surface area contributed by atoms with E-state index in [1.165, 1.54) is 6.92 Å². The van der Waals surface area contributed by atoms with Crippen molar-refractivity contribution in [3.05, 3.63) is 0 Å². The van der Waals surface area contributed by atoms with Crippen LogP contribution in [0.15, 0.2) is 0 Å². The molecule has 0 bridgehead atoms. The van der Waals surface area contributed by atoms with Crippen molar-refractivity contribution in [2.75, 3.05) is 66.1 Å². The maximum Gasteiger partial charge on any atom is 0.326 e. The van der Waals surface area contributed by atoms with Gasteiger partial charge in [0.15, 0.2) is 57.8 Å². The smallest absolute Gasteiger partial charge is 0.326 e. The van der Waals surface area contributed by atoms with Gasteiger partial charge in [0, 0.05) is 0 Å². The first kappa shape index (κ1) is 69.4. The molecule has 0 aromatic carbocycles. The zero-order chi connectivity index (χ0) is 58.2. The van der Waals surface area contributed by atoms with Gasteiger partial charge in [-0.2, -0.15) is 0 Å². The number of aliphatic hydroxyl groups is 20. The maximum atomic E-state index is 16.3. The molecule has 0 aliphatic heterocycles. The Morgan fingerprint density at radius 1 is 0.297 bits per heavy atom. The summed E-state index contributed by atoms with van der Waals surface area (Å²) in [6, 6.07) is 0. The van der Waals surface area contributed by atoms with Crippen LogP contribution in [0.3, 0.4) is 0 Å². The summed E-state index contributed by atoms with van der Waals surface area (Å²) < 4.78 is 0. The Hall–Kier alpha value is -4.63. The molecule has 21 N–H and O–H groups in total. The molecule has 0 saturated heterocycles. The van der Waals surface area contributed by atoms with Crippen LogP contribution in [-0.2, 0) is 52.7 Å². The van der Waals surface area contributed by atoms with Crippen LogP contribution in [0.2, 0.25) is 0 Å². The minimum atomic E-state index is -6.71. The third kappa shape index (κ3) is 11.0. The molecule has 0 saturated carbocycles. The summed E-state index contributed by atoms with van der Waals surface area (Å²) in [5.41, 5.74) is -31.3. The summed E-state index contributed by atoms with van der Waals surface area (Å²) in [5, 5.41) is 230. The minimum absolute atomic E-state index is 0.0190. The van der Waals surface area contributed by atoms with Crippen molar-refractivity contribution in [2.24, 2.45) is 27.1 Å². The zero-order valence-corrected chi connectivity index (χ0v) is 39.3. The molecule has 0 radical (unpaired) electrons. The summed E-state index contributed by atoms with van der Waals surface area (Å²) in [5.74, 6) is -38.7. The lowest BCUT2D eigenvalue weighted by atomic mass is 9.29. The number of carbonyl (C=O) groups is 11. The summed E-state index contributed by atoms with van der Waals surface area (Å²) in [4.78, 5) is 173. The molecule has 74 heavy (non-hydrogen) atoms. The number of carbonyl (C=O) groups excluding carboxylic acids is 10. The summed E-state index contributed by atoms with van der Waals surface area (Å²) >= 11 is 0. The van der Waals surface area contributed by atoms with E-state index in [0.29, 0.717) is 0 Å². The SMILES string of the molecule is CCCCCCC(C(=O)C(O)CO)(C(=O)C(O)CO)C(C(=O)C(O)CO)(C(=O)C(O)CO)C(C(=O)C(O)CO)(C(=O)C(O)CO)C(C(=O)C(O)CO)(C(=O)C(O)CO)C(C(=O)O)(C(=O)C(O)CO)C(=O)C(O)CO. The number of aliphatic hydroxyl groups excluding tert-OH is 20. The standard InChI is InChI=1S/C42H64O32/c1-2-3-4-5-6-38(27(63)17(53)7-43,28(64)18(54)8-44)40(31(67)21(57)11-47,32(68)22(58)12-48)42(35(71)25(61)15-51,36(72)26(62)16-52)41(33(69)23(59)13-49,34(70)24(60)14-50)39(37(73)74,29(65)19(55)9-45)30(66)20(56)10-46/h17-26,43-62H,2-16H2,1H3,(H,73,74). The van der Waals surface area contributed by atoms with E-state index in [2.05, 4.69) is 0 Å². The van der Waals surface area contributed by atoms with Gasteiger partial charge in [-0.3, -0.25) is 52.7 Å². The highest BCUT2D eigenvalue weighted by molar-refractivity contribution is 6.40. The molecule has 424 valence electrons. The van der Waals surface area contributed by atoms with Gasteiger partial charge in [0.05, 0.1) is 66.1 Å². The van der Waals surface area contributed by atoms with Crippen LogP contribution in [0.25, 0.3) is 0 Å². The predicted molar refractivity (Wildman–Crippen MR) is 230 cm³/mol. The molecule has 0 rings (SSSR count). The fraction of sp³-hybridized carbons (Fsp3) is 0.738. The lowest BCUT2D eigenvalue weighted by molar-refractivity contribution is -0.228. The van der Waals surface area contributed by atoms with E-state index in [1.54, 1.807) is 0 Å². The fourth-order valence-corrected chi connectivity index (χ4v) is 9.52. The Labute approximate surface area is 416 Å². The Bertz CT molecular complexity index is 1920. The van der Waals surface area contributed by atoms with Gasteiger partial charge in [0.1, 0.15) is 82.7 Å². The van der Waals surface area contributed by atoms with E-state index in [1.807, 2.05) is 0 Å². The Balaban J connectivity index is 13.2. The van der Waals surface area contributed by atoms with E-state index in [-0.39, 0.29) is 12.8 Å². The molecule has 0 fully saturated rings. The number of aliphatic carboxylic acids is 1. The lowest BCUT2D eigenvalue weighted by Crippen LogP contribution is -2.88. The fourth-order valence-electron chi connectivity index (χ4n) is 9.52. The van der Waals surface area contributed by atoms with Gasteiger partial charge in [0.2, 0.25) is 5.41 Å². The van der Waals surface area contributed by atoms with Crippen molar-refractivity contribution in [1.82, 2.24) is 0 Å². The number of ketones is 10. The number of hydrogen-bond acceptors (Lipinski definition) is 31. The first-order chi connectivity index (χ1) is 34.4. The van der Waals surface area contributed by atoms with Crippen molar-refractivity contribution in [3.63, 3.8) is 0 Å². The van der Waals surface area contributed by atoms with E-state index in [9.17, 15) is 112 Å². The number of hydrogen-bond donors (Lipinski definition) is 21. The van der Waals surface area contributed by atoms with Crippen molar-refractivity contribution in [1.29, 1.82) is 0 Å². The molecule has 0 aromatic heterocycles. The van der Waals surface area contributed by atoms with Gasteiger partial charge >= 0.3 is 5.97 Å². The molecule has 32 heteroatoms. The second-order valence-electron chi connectivity index (χ2n) is 16.6. The lowest BCUT2D eigenvalue weighted by Gasteiger charge is -2.64. The van der Waals surface area contributed by atoms with E-state index < -0.39 is 237 Å². The zero-order valence-electron chi connectivity index (χ0n) is 39.3. The molecular weight excluding hydrogens is 1020 g/mol. The van der Waals surface area contributed by atoms with E-state index in [4.69, 9.17) is 0 Å².